The van der Waals surface area contributed by atoms with E-state index in [1.807, 2.05) is 6.07 Å². The molecule has 98 valence electrons. The number of ether oxygens (including phenoxy) is 1. The van der Waals surface area contributed by atoms with E-state index in [2.05, 4.69) is 18.8 Å². The van der Waals surface area contributed by atoms with Crippen LogP contribution in [0.25, 0.3) is 0 Å². The minimum atomic E-state index is -0.0229. The maximum atomic E-state index is 7.36. The number of rotatable bonds is 3. The minimum absolute atomic E-state index is 0.0229. The number of aromatic nitrogens is 1. The van der Waals surface area contributed by atoms with Gasteiger partial charge in [-0.1, -0.05) is 13.8 Å². The molecule has 4 heteroatoms. The molecule has 0 bridgehead atoms. The third-order valence-corrected chi connectivity index (χ3v) is 3.60. The Labute approximate surface area is 108 Å². The molecule has 0 atom stereocenters. The predicted octanol–water partition coefficient (Wildman–Crippen LogP) is 2.71. The summed E-state index contributed by atoms with van der Waals surface area (Å²) in [6, 6.07) is 3.56. The van der Waals surface area contributed by atoms with Crippen molar-refractivity contribution >= 4 is 5.84 Å². The summed E-state index contributed by atoms with van der Waals surface area (Å²) in [7, 11) is 0. The van der Waals surface area contributed by atoms with Gasteiger partial charge in [-0.05, 0) is 37.2 Å². The van der Waals surface area contributed by atoms with Crippen LogP contribution in [0.1, 0.15) is 45.2 Å². The Kier molecular flexibility index (Phi) is 3.55. The molecular formula is C14H21N3O. The molecule has 2 rings (SSSR count). The summed E-state index contributed by atoms with van der Waals surface area (Å²) in [5.41, 5.74) is 6.34. The maximum Gasteiger partial charge on any atom is 0.141 e. The van der Waals surface area contributed by atoms with Gasteiger partial charge in [0.1, 0.15) is 17.3 Å². The van der Waals surface area contributed by atoms with Gasteiger partial charge in [-0.25, -0.2) is 0 Å². The van der Waals surface area contributed by atoms with E-state index in [-0.39, 0.29) is 11.9 Å². The Bertz CT molecular complexity index is 432. The average Bonchev–Trinajstić information content (AvgIpc) is 2.32. The second-order valence-electron chi connectivity index (χ2n) is 5.77. The van der Waals surface area contributed by atoms with Gasteiger partial charge in [0.05, 0.1) is 6.10 Å². The molecule has 1 aromatic rings. The topological polar surface area (TPSA) is 72.0 Å². The fraction of sp³-hybridized carbons (Fsp3) is 0.571. The summed E-state index contributed by atoms with van der Waals surface area (Å²) in [5.74, 6) is 0.741. The van der Waals surface area contributed by atoms with Crippen molar-refractivity contribution in [3.8, 4) is 5.75 Å². The average molecular weight is 247 g/mol. The Morgan fingerprint density at radius 3 is 2.72 bits per heavy atom. The number of pyridine rings is 1. The summed E-state index contributed by atoms with van der Waals surface area (Å²) in [5, 5.41) is 7.36. The molecule has 0 saturated heterocycles. The fourth-order valence-corrected chi connectivity index (χ4v) is 2.31. The molecule has 0 unspecified atom stereocenters. The number of hydrogen-bond acceptors (Lipinski definition) is 3. The lowest BCUT2D eigenvalue weighted by molar-refractivity contribution is 0.0987. The molecule has 1 aliphatic carbocycles. The highest BCUT2D eigenvalue weighted by Crippen LogP contribution is 2.36. The van der Waals surface area contributed by atoms with Crippen molar-refractivity contribution in [2.45, 2.75) is 45.6 Å². The lowest BCUT2D eigenvalue weighted by atomic mass is 9.76. The summed E-state index contributed by atoms with van der Waals surface area (Å²) in [6.45, 7) is 4.62. The van der Waals surface area contributed by atoms with Crippen molar-refractivity contribution in [2.24, 2.45) is 11.1 Å². The number of nitrogen functional groups attached to an aromatic ring is 1. The van der Waals surface area contributed by atoms with Gasteiger partial charge >= 0.3 is 0 Å². The summed E-state index contributed by atoms with van der Waals surface area (Å²) >= 11 is 0. The summed E-state index contributed by atoms with van der Waals surface area (Å²) in [6.07, 6.45) is 6.49. The number of amidine groups is 1. The van der Waals surface area contributed by atoms with Crippen LogP contribution in [-0.4, -0.2) is 16.9 Å². The first-order chi connectivity index (χ1) is 8.46. The van der Waals surface area contributed by atoms with E-state index in [1.165, 1.54) is 12.8 Å². The molecule has 3 N–H and O–H groups in total. The zero-order chi connectivity index (χ0) is 13.2. The molecule has 0 aliphatic heterocycles. The molecule has 1 aliphatic rings. The van der Waals surface area contributed by atoms with Crippen LogP contribution >= 0.6 is 0 Å². The Morgan fingerprint density at radius 1 is 1.44 bits per heavy atom. The molecule has 1 fully saturated rings. The largest absolute Gasteiger partial charge is 0.490 e. The Morgan fingerprint density at radius 2 is 2.11 bits per heavy atom. The van der Waals surface area contributed by atoms with Gasteiger partial charge in [-0.15, -0.1) is 0 Å². The van der Waals surface area contributed by atoms with E-state index < -0.39 is 0 Å². The van der Waals surface area contributed by atoms with Crippen LogP contribution in [0.5, 0.6) is 5.75 Å². The third kappa shape index (κ3) is 3.22. The highest BCUT2D eigenvalue weighted by Gasteiger charge is 2.27. The second kappa shape index (κ2) is 4.96. The van der Waals surface area contributed by atoms with E-state index in [0.29, 0.717) is 11.1 Å². The highest BCUT2D eigenvalue weighted by atomic mass is 16.5. The predicted molar refractivity (Wildman–Crippen MR) is 71.9 cm³/mol. The second-order valence-corrected chi connectivity index (χ2v) is 5.77. The van der Waals surface area contributed by atoms with Crippen molar-refractivity contribution in [3.63, 3.8) is 0 Å². The smallest absolute Gasteiger partial charge is 0.141 e. The molecule has 1 aromatic heterocycles. The number of nitrogens with two attached hydrogens (primary N) is 1. The quantitative estimate of drug-likeness (QED) is 0.637. The van der Waals surface area contributed by atoms with E-state index >= 15 is 0 Å². The van der Waals surface area contributed by atoms with E-state index in [4.69, 9.17) is 15.9 Å². The molecular weight excluding hydrogens is 226 g/mol. The van der Waals surface area contributed by atoms with Crippen molar-refractivity contribution in [3.05, 3.63) is 24.0 Å². The van der Waals surface area contributed by atoms with Crippen molar-refractivity contribution < 1.29 is 4.74 Å². The number of nitrogens with one attached hydrogen (secondary N) is 1. The van der Waals surface area contributed by atoms with Crippen LogP contribution in [0.2, 0.25) is 0 Å². The minimum Gasteiger partial charge on any atom is -0.490 e. The van der Waals surface area contributed by atoms with Gasteiger partial charge in [0.15, 0.2) is 0 Å². The summed E-state index contributed by atoms with van der Waals surface area (Å²) < 4.78 is 5.95. The number of nitrogens with zero attached hydrogens (tertiary/aromatic N) is 1. The molecule has 1 saturated carbocycles. The first kappa shape index (κ1) is 12.9. The van der Waals surface area contributed by atoms with Gasteiger partial charge in [0, 0.05) is 12.3 Å². The van der Waals surface area contributed by atoms with Gasteiger partial charge in [0.25, 0.3) is 0 Å². The zero-order valence-electron chi connectivity index (χ0n) is 11.1. The SMILES string of the molecule is CC1(C)CCC(Oc2ccnc(C(=N)N)c2)CC1. The molecule has 0 radical (unpaired) electrons. The lowest BCUT2D eigenvalue weighted by Crippen LogP contribution is -2.28. The van der Waals surface area contributed by atoms with Crippen LogP contribution in [0.15, 0.2) is 18.3 Å². The molecule has 0 aromatic carbocycles. The van der Waals surface area contributed by atoms with Crippen LogP contribution in [0.4, 0.5) is 0 Å². The third-order valence-electron chi connectivity index (χ3n) is 3.60. The monoisotopic (exact) mass is 247 g/mol. The Hall–Kier alpha value is -1.58. The van der Waals surface area contributed by atoms with Crippen molar-refractivity contribution in [1.29, 1.82) is 5.41 Å². The Balaban J connectivity index is 1.98. The molecule has 4 nitrogen and oxygen atoms in total. The van der Waals surface area contributed by atoms with E-state index in [9.17, 15) is 0 Å². The standard InChI is InChI=1S/C14H21N3O/c1-14(2)6-3-10(4-7-14)18-11-5-8-17-12(9-11)13(15)16/h5,8-10H,3-4,6-7H2,1-2H3,(H3,15,16). The maximum absolute atomic E-state index is 7.36. The van der Waals surface area contributed by atoms with Gasteiger partial charge < -0.3 is 10.5 Å². The van der Waals surface area contributed by atoms with Crippen molar-refractivity contribution in [1.82, 2.24) is 4.98 Å². The van der Waals surface area contributed by atoms with E-state index in [0.717, 1.165) is 18.6 Å². The molecule has 1 heterocycles. The van der Waals surface area contributed by atoms with Crippen LogP contribution in [0.3, 0.4) is 0 Å². The highest BCUT2D eigenvalue weighted by molar-refractivity contribution is 5.93. The van der Waals surface area contributed by atoms with Gasteiger partial charge in [-0.2, -0.15) is 0 Å². The summed E-state index contributed by atoms with van der Waals surface area (Å²) in [4.78, 5) is 4.03. The number of hydrogen-bond donors (Lipinski definition) is 2. The zero-order valence-corrected chi connectivity index (χ0v) is 11.1. The van der Waals surface area contributed by atoms with Crippen LogP contribution in [-0.2, 0) is 0 Å². The molecule has 0 amide bonds. The molecule has 0 spiro atoms. The van der Waals surface area contributed by atoms with Gasteiger partial charge in [0.2, 0.25) is 0 Å². The lowest BCUT2D eigenvalue weighted by Gasteiger charge is -2.34. The van der Waals surface area contributed by atoms with Crippen LogP contribution in [0, 0.1) is 10.8 Å². The first-order valence-corrected chi connectivity index (χ1v) is 6.43. The fourth-order valence-electron chi connectivity index (χ4n) is 2.31. The van der Waals surface area contributed by atoms with Gasteiger partial charge in [-0.3, -0.25) is 10.4 Å². The van der Waals surface area contributed by atoms with Crippen LogP contribution < -0.4 is 10.5 Å². The molecule has 18 heavy (non-hydrogen) atoms. The van der Waals surface area contributed by atoms with Crippen molar-refractivity contribution in [2.75, 3.05) is 0 Å². The van der Waals surface area contributed by atoms with E-state index in [1.54, 1.807) is 12.3 Å². The normalized spacial score (nSPS) is 19.4. The first-order valence-electron chi connectivity index (χ1n) is 6.43.